The van der Waals surface area contributed by atoms with Gasteiger partial charge in [-0.2, -0.15) is 0 Å². The van der Waals surface area contributed by atoms with Crippen molar-refractivity contribution in [1.29, 1.82) is 0 Å². The van der Waals surface area contributed by atoms with Crippen molar-refractivity contribution >= 4 is 17.3 Å². The lowest BCUT2D eigenvalue weighted by Crippen LogP contribution is -2.39. The molecule has 0 aromatic heterocycles. The van der Waals surface area contributed by atoms with Crippen LogP contribution in [0.5, 0.6) is 0 Å². The number of carbonyl (C=O) groups is 1. The number of benzene rings is 1. The number of non-ortho nitro benzene ring substituents is 1. The number of hydrogen-bond donors (Lipinski definition) is 3. The summed E-state index contributed by atoms with van der Waals surface area (Å²) in [6.07, 6.45) is -0.226. The average Bonchev–Trinajstić information content (AvgIpc) is 2.52. The first-order valence-corrected chi connectivity index (χ1v) is 6.34. The van der Waals surface area contributed by atoms with Crippen LogP contribution < -0.4 is 16.6 Å². The average molecular weight is 296 g/mol. The minimum absolute atomic E-state index is 0.100. The molecule has 1 heterocycles. The van der Waals surface area contributed by atoms with Gasteiger partial charge in [0, 0.05) is 18.7 Å². The van der Waals surface area contributed by atoms with Crippen LogP contribution in [0.3, 0.4) is 0 Å². The van der Waals surface area contributed by atoms with Gasteiger partial charge in [-0.15, -0.1) is 0 Å². The molecule has 4 N–H and O–H groups in total. The third-order valence-electron chi connectivity index (χ3n) is 2.99. The smallest absolute Gasteiger partial charge is 0.270 e. The van der Waals surface area contributed by atoms with Crippen molar-refractivity contribution in [3.05, 3.63) is 33.9 Å². The first kappa shape index (κ1) is 15.2. The van der Waals surface area contributed by atoms with Crippen molar-refractivity contribution in [2.75, 3.05) is 31.8 Å². The van der Waals surface area contributed by atoms with Crippen LogP contribution in [-0.4, -0.2) is 43.3 Å². The zero-order valence-corrected chi connectivity index (χ0v) is 11.2. The second kappa shape index (κ2) is 6.97. The largest absolute Gasteiger partial charge is 0.376 e. The molecule has 1 aromatic carbocycles. The fraction of sp³-hybridized carbons (Fsp3) is 0.417. The molecular weight excluding hydrogens is 280 g/mol. The SMILES string of the molecule is NNc1ccc([N+](=O)[O-])cc1C(=O)NCC1COCCO1. The molecular formula is C12H16N4O5. The Morgan fingerprint density at radius 1 is 1.48 bits per heavy atom. The van der Waals surface area contributed by atoms with Crippen LogP contribution in [0.4, 0.5) is 11.4 Å². The fourth-order valence-electron chi connectivity index (χ4n) is 1.92. The second-order valence-electron chi connectivity index (χ2n) is 4.41. The summed E-state index contributed by atoms with van der Waals surface area (Å²) in [5.74, 6) is 4.84. The summed E-state index contributed by atoms with van der Waals surface area (Å²) in [7, 11) is 0. The normalized spacial score (nSPS) is 18.0. The summed E-state index contributed by atoms with van der Waals surface area (Å²) in [4.78, 5) is 22.3. The van der Waals surface area contributed by atoms with E-state index in [-0.39, 0.29) is 23.9 Å². The Kier molecular flexibility index (Phi) is 5.04. The number of amides is 1. The Balaban J connectivity index is 2.06. The van der Waals surface area contributed by atoms with Crippen molar-refractivity contribution in [1.82, 2.24) is 5.32 Å². The Bertz CT molecular complexity index is 530. The molecule has 9 nitrogen and oxygen atoms in total. The summed E-state index contributed by atoms with van der Waals surface area (Å²) in [5, 5.41) is 13.4. The molecule has 114 valence electrons. The van der Waals surface area contributed by atoms with Gasteiger partial charge in [0.05, 0.1) is 42.1 Å². The minimum Gasteiger partial charge on any atom is -0.376 e. The number of ether oxygens (including phenoxy) is 2. The fourth-order valence-corrected chi connectivity index (χ4v) is 1.92. The number of nitro benzene ring substituents is 1. The van der Waals surface area contributed by atoms with Crippen LogP contribution >= 0.6 is 0 Å². The molecule has 1 aliphatic rings. The van der Waals surface area contributed by atoms with Crippen molar-refractivity contribution < 1.29 is 19.2 Å². The highest BCUT2D eigenvalue weighted by Crippen LogP contribution is 2.21. The molecule has 9 heteroatoms. The quantitative estimate of drug-likeness (QED) is 0.397. The number of anilines is 1. The molecule has 0 radical (unpaired) electrons. The van der Waals surface area contributed by atoms with Gasteiger partial charge in [-0.1, -0.05) is 0 Å². The maximum absolute atomic E-state index is 12.1. The van der Waals surface area contributed by atoms with E-state index in [2.05, 4.69) is 10.7 Å². The first-order valence-electron chi connectivity index (χ1n) is 6.34. The zero-order chi connectivity index (χ0) is 15.2. The molecule has 0 aliphatic carbocycles. The maximum atomic E-state index is 12.1. The molecule has 1 fully saturated rings. The summed E-state index contributed by atoms with van der Waals surface area (Å²) >= 11 is 0. The van der Waals surface area contributed by atoms with Gasteiger partial charge < -0.3 is 20.2 Å². The van der Waals surface area contributed by atoms with Crippen LogP contribution in [0.25, 0.3) is 0 Å². The molecule has 21 heavy (non-hydrogen) atoms. The van der Waals surface area contributed by atoms with Gasteiger partial charge >= 0.3 is 0 Å². The summed E-state index contributed by atoms with van der Waals surface area (Å²) in [6, 6.07) is 3.82. The molecule has 1 aromatic rings. The Hall–Kier alpha value is -2.23. The molecule has 0 saturated carbocycles. The Labute approximate surface area is 120 Å². The lowest BCUT2D eigenvalue weighted by atomic mass is 10.1. The predicted molar refractivity (Wildman–Crippen MR) is 73.8 cm³/mol. The number of nitrogens with one attached hydrogen (secondary N) is 2. The number of rotatable bonds is 5. The molecule has 1 amide bonds. The van der Waals surface area contributed by atoms with Gasteiger partial charge in [-0.25, -0.2) is 0 Å². The van der Waals surface area contributed by atoms with E-state index in [4.69, 9.17) is 15.3 Å². The number of nitrogens with zero attached hydrogens (tertiary/aromatic N) is 1. The molecule has 2 rings (SSSR count). The third kappa shape index (κ3) is 3.88. The van der Waals surface area contributed by atoms with Crippen molar-refractivity contribution in [3.63, 3.8) is 0 Å². The zero-order valence-electron chi connectivity index (χ0n) is 11.2. The molecule has 1 unspecified atom stereocenters. The summed E-state index contributed by atoms with van der Waals surface area (Å²) in [5.41, 5.74) is 2.56. The van der Waals surface area contributed by atoms with Gasteiger partial charge in [0.15, 0.2) is 0 Å². The second-order valence-corrected chi connectivity index (χ2v) is 4.41. The number of nitro groups is 1. The van der Waals surface area contributed by atoms with E-state index in [0.717, 1.165) is 0 Å². The van der Waals surface area contributed by atoms with E-state index in [9.17, 15) is 14.9 Å². The molecule has 1 saturated heterocycles. The highest BCUT2D eigenvalue weighted by Gasteiger charge is 2.19. The minimum atomic E-state index is -0.574. The number of nitrogen functional groups attached to an aromatic ring is 1. The summed E-state index contributed by atoms with van der Waals surface area (Å²) in [6.45, 7) is 1.67. The molecule has 1 aliphatic heterocycles. The summed E-state index contributed by atoms with van der Waals surface area (Å²) < 4.78 is 10.6. The van der Waals surface area contributed by atoms with Crippen LogP contribution in [0, 0.1) is 10.1 Å². The van der Waals surface area contributed by atoms with Gasteiger partial charge in [-0.3, -0.25) is 20.8 Å². The van der Waals surface area contributed by atoms with Crippen LogP contribution in [-0.2, 0) is 9.47 Å². The number of carbonyl (C=O) groups excluding carboxylic acids is 1. The van der Waals surface area contributed by atoms with Gasteiger partial charge in [0.1, 0.15) is 0 Å². The van der Waals surface area contributed by atoms with Gasteiger partial charge in [-0.05, 0) is 6.07 Å². The van der Waals surface area contributed by atoms with E-state index >= 15 is 0 Å². The van der Waals surface area contributed by atoms with Gasteiger partial charge in [0.25, 0.3) is 11.6 Å². The molecule has 0 bridgehead atoms. The number of nitrogens with two attached hydrogens (primary N) is 1. The van der Waals surface area contributed by atoms with Crippen LogP contribution in [0.15, 0.2) is 18.2 Å². The third-order valence-corrected chi connectivity index (χ3v) is 2.99. The van der Waals surface area contributed by atoms with Crippen LogP contribution in [0.2, 0.25) is 0 Å². The topological polar surface area (TPSA) is 129 Å². The van der Waals surface area contributed by atoms with Gasteiger partial charge in [0.2, 0.25) is 0 Å². The van der Waals surface area contributed by atoms with E-state index < -0.39 is 10.8 Å². The lowest BCUT2D eigenvalue weighted by molar-refractivity contribution is -0.384. The molecule has 0 spiro atoms. The van der Waals surface area contributed by atoms with Crippen molar-refractivity contribution in [2.24, 2.45) is 5.84 Å². The highest BCUT2D eigenvalue weighted by molar-refractivity contribution is 6.00. The number of hydrazine groups is 1. The monoisotopic (exact) mass is 296 g/mol. The maximum Gasteiger partial charge on any atom is 0.270 e. The van der Waals surface area contributed by atoms with Crippen LogP contribution in [0.1, 0.15) is 10.4 Å². The van der Waals surface area contributed by atoms with Crippen molar-refractivity contribution in [3.8, 4) is 0 Å². The Morgan fingerprint density at radius 2 is 2.29 bits per heavy atom. The first-order chi connectivity index (χ1) is 10.1. The van der Waals surface area contributed by atoms with E-state index in [1.54, 1.807) is 0 Å². The highest BCUT2D eigenvalue weighted by atomic mass is 16.6. The standard InChI is InChI=1S/C12H16N4O5/c13-15-11-2-1-8(16(18)19)5-10(11)12(17)14-6-9-7-20-3-4-21-9/h1-2,5,9,15H,3-4,6-7,13H2,(H,14,17). The van der Waals surface area contributed by atoms with Crippen molar-refractivity contribution in [2.45, 2.75) is 6.10 Å². The molecule has 1 atom stereocenters. The van der Waals surface area contributed by atoms with E-state index in [0.29, 0.717) is 25.5 Å². The van der Waals surface area contributed by atoms with E-state index in [1.165, 1.54) is 18.2 Å². The Morgan fingerprint density at radius 3 is 2.90 bits per heavy atom. The lowest BCUT2D eigenvalue weighted by Gasteiger charge is -2.23. The van der Waals surface area contributed by atoms with E-state index in [1.807, 2.05) is 0 Å². The number of hydrogen-bond acceptors (Lipinski definition) is 7. The predicted octanol–water partition coefficient (Wildman–Crippen LogP) is 0.0256.